The number of hydrogen-bond acceptors (Lipinski definition) is 4. The summed E-state index contributed by atoms with van der Waals surface area (Å²) < 4.78 is 19.1. The lowest BCUT2D eigenvalue weighted by molar-refractivity contribution is -0.122. The van der Waals surface area contributed by atoms with E-state index in [2.05, 4.69) is 21.2 Å². The molecule has 0 fully saturated rings. The third-order valence-electron chi connectivity index (χ3n) is 3.26. The topological polar surface area (TPSA) is 58.6 Å². The smallest absolute Gasteiger partial charge is 0.285 e. The van der Waals surface area contributed by atoms with Crippen LogP contribution in [0.15, 0.2) is 51.8 Å². The lowest BCUT2D eigenvalue weighted by Gasteiger charge is -2.16. The van der Waals surface area contributed by atoms with Gasteiger partial charge in [0.25, 0.3) is 11.1 Å². The molecule has 0 aromatic heterocycles. The largest absolute Gasteiger partial charge is 0.480 e. The van der Waals surface area contributed by atoms with E-state index in [1.54, 1.807) is 45.3 Å². The van der Waals surface area contributed by atoms with Crippen LogP contribution >= 0.6 is 27.7 Å². The highest BCUT2D eigenvalue weighted by Gasteiger charge is 2.16. The van der Waals surface area contributed by atoms with Crippen molar-refractivity contribution in [3.8, 4) is 5.75 Å². The molecule has 0 spiro atoms. The number of carbonyl (C=O) groups excluding carboxylic acids is 2. The number of rotatable bonds is 5. The second-order valence-electron chi connectivity index (χ2n) is 5.61. The first-order valence-corrected chi connectivity index (χ1v) is 9.29. The zero-order valence-corrected chi connectivity index (χ0v) is 16.9. The molecule has 1 unspecified atom stereocenters. The molecule has 5 nitrogen and oxygen atoms in total. The molecule has 0 bridgehead atoms. The van der Waals surface area contributed by atoms with Gasteiger partial charge in [-0.1, -0.05) is 0 Å². The van der Waals surface area contributed by atoms with Crippen LogP contribution in [0.2, 0.25) is 0 Å². The summed E-state index contributed by atoms with van der Waals surface area (Å²) in [4.78, 5) is 26.2. The molecule has 0 saturated carbocycles. The zero-order chi connectivity index (χ0) is 19.3. The van der Waals surface area contributed by atoms with Gasteiger partial charge in [-0.25, -0.2) is 4.39 Å². The molecule has 2 rings (SSSR count). The van der Waals surface area contributed by atoms with Crippen molar-refractivity contribution in [2.24, 2.45) is 0 Å². The summed E-state index contributed by atoms with van der Waals surface area (Å²) >= 11 is 4.30. The Bertz CT molecular complexity index is 800. The SMILES string of the molecule is CC(Oc1ccc(F)cc1Br)C(=O)Nc1ccc(SC(=O)N(C)C)cc1. The van der Waals surface area contributed by atoms with Crippen molar-refractivity contribution < 1.29 is 18.7 Å². The molecule has 138 valence electrons. The van der Waals surface area contributed by atoms with Crippen molar-refractivity contribution in [2.45, 2.75) is 17.9 Å². The fourth-order valence-corrected chi connectivity index (χ4v) is 2.96. The molecule has 0 aliphatic heterocycles. The molecule has 0 radical (unpaired) electrons. The van der Waals surface area contributed by atoms with Gasteiger partial charge < -0.3 is 15.0 Å². The van der Waals surface area contributed by atoms with Crippen molar-refractivity contribution in [1.29, 1.82) is 0 Å². The van der Waals surface area contributed by atoms with Crippen LogP contribution in [0.3, 0.4) is 0 Å². The number of anilines is 1. The van der Waals surface area contributed by atoms with Crippen LogP contribution in [0.4, 0.5) is 14.9 Å². The fraction of sp³-hybridized carbons (Fsp3) is 0.222. The molecular weight excluding hydrogens is 423 g/mol. The van der Waals surface area contributed by atoms with Gasteiger partial charge in [0.05, 0.1) is 4.47 Å². The number of nitrogens with one attached hydrogen (secondary N) is 1. The van der Waals surface area contributed by atoms with E-state index in [0.29, 0.717) is 15.9 Å². The number of carbonyl (C=O) groups is 2. The average molecular weight is 441 g/mol. The second-order valence-corrected chi connectivity index (χ2v) is 7.49. The molecule has 1 N–H and O–H groups in total. The summed E-state index contributed by atoms with van der Waals surface area (Å²) in [6.07, 6.45) is -0.777. The van der Waals surface area contributed by atoms with Gasteiger partial charge in [0, 0.05) is 24.7 Å². The number of benzene rings is 2. The van der Waals surface area contributed by atoms with Crippen molar-refractivity contribution in [3.05, 3.63) is 52.8 Å². The average Bonchev–Trinajstić information content (AvgIpc) is 2.58. The molecule has 2 aromatic carbocycles. The maximum Gasteiger partial charge on any atom is 0.285 e. The molecule has 8 heteroatoms. The van der Waals surface area contributed by atoms with E-state index in [1.165, 1.54) is 23.1 Å². The Hall–Kier alpha value is -2.06. The third kappa shape index (κ3) is 5.74. The Morgan fingerprint density at radius 1 is 1.19 bits per heavy atom. The molecule has 2 aromatic rings. The van der Waals surface area contributed by atoms with E-state index >= 15 is 0 Å². The summed E-state index contributed by atoms with van der Waals surface area (Å²) in [5.41, 5.74) is 0.588. The molecule has 1 atom stereocenters. The van der Waals surface area contributed by atoms with Crippen LogP contribution in [-0.4, -0.2) is 36.2 Å². The van der Waals surface area contributed by atoms with Gasteiger partial charge in [-0.15, -0.1) is 0 Å². The summed E-state index contributed by atoms with van der Waals surface area (Å²) in [6, 6.07) is 10.9. The fourth-order valence-electron chi connectivity index (χ4n) is 1.86. The predicted octanol–water partition coefficient (Wildman–Crippen LogP) is 4.77. The van der Waals surface area contributed by atoms with Crippen LogP contribution in [0.1, 0.15) is 6.92 Å². The maximum atomic E-state index is 13.1. The molecule has 2 amide bonds. The summed E-state index contributed by atoms with van der Waals surface area (Å²) in [7, 11) is 3.37. The van der Waals surface area contributed by atoms with Gasteiger partial charge in [-0.05, 0) is 77.1 Å². The lowest BCUT2D eigenvalue weighted by atomic mass is 10.3. The van der Waals surface area contributed by atoms with Crippen LogP contribution in [0, 0.1) is 5.82 Å². The lowest BCUT2D eigenvalue weighted by Crippen LogP contribution is -2.30. The summed E-state index contributed by atoms with van der Waals surface area (Å²) in [5.74, 6) is -0.360. The Morgan fingerprint density at radius 2 is 1.85 bits per heavy atom. The Balaban J connectivity index is 1.95. The first-order chi connectivity index (χ1) is 12.3. The van der Waals surface area contributed by atoms with E-state index in [0.717, 1.165) is 16.7 Å². The molecule has 26 heavy (non-hydrogen) atoms. The van der Waals surface area contributed by atoms with Gasteiger partial charge in [0.2, 0.25) is 0 Å². The van der Waals surface area contributed by atoms with Gasteiger partial charge in [-0.3, -0.25) is 9.59 Å². The quantitative estimate of drug-likeness (QED) is 0.680. The molecule has 0 saturated heterocycles. The van der Waals surface area contributed by atoms with E-state index in [1.807, 2.05) is 0 Å². The van der Waals surface area contributed by atoms with Crippen molar-refractivity contribution in [1.82, 2.24) is 4.90 Å². The van der Waals surface area contributed by atoms with Crippen LogP contribution in [0.25, 0.3) is 0 Å². The van der Waals surface area contributed by atoms with Crippen molar-refractivity contribution >= 4 is 44.5 Å². The number of thioether (sulfide) groups is 1. The molecule has 0 heterocycles. The van der Waals surface area contributed by atoms with Gasteiger partial charge in [0.1, 0.15) is 11.6 Å². The second kappa shape index (κ2) is 9.05. The first-order valence-electron chi connectivity index (χ1n) is 7.68. The number of ether oxygens (including phenoxy) is 1. The highest BCUT2D eigenvalue weighted by molar-refractivity contribution is 9.10. The Labute approximate surface area is 164 Å². The number of amides is 2. The zero-order valence-electron chi connectivity index (χ0n) is 14.5. The standard InChI is InChI=1S/C18H18BrFN2O3S/c1-11(25-16-9-4-12(20)10-15(16)19)17(23)21-13-5-7-14(8-6-13)26-18(24)22(2)3/h4-11H,1-3H3,(H,21,23). The minimum absolute atomic E-state index is 0.0753. The molecule has 0 aliphatic carbocycles. The molecular formula is C18H18BrFN2O3S. The highest BCUT2D eigenvalue weighted by Crippen LogP contribution is 2.27. The number of hydrogen-bond donors (Lipinski definition) is 1. The number of nitrogens with zero attached hydrogens (tertiary/aromatic N) is 1. The normalized spacial score (nSPS) is 11.6. The third-order valence-corrected chi connectivity index (χ3v) is 4.93. The minimum Gasteiger partial charge on any atom is -0.480 e. The van der Waals surface area contributed by atoms with Gasteiger partial charge in [-0.2, -0.15) is 0 Å². The van der Waals surface area contributed by atoms with E-state index < -0.39 is 11.9 Å². The molecule has 0 aliphatic rings. The monoisotopic (exact) mass is 440 g/mol. The first kappa shape index (κ1) is 20.3. The van der Waals surface area contributed by atoms with Crippen LogP contribution in [-0.2, 0) is 4.79 Å². The van der Waals surface area contributed by atoms with Crippen LogP contribution in [0.5, 0.6) is 5.75 Å². The maximum absolute atomic E-state index is 13.1. The van der Waals surface area contributed by atoms with E-state index in [-0.39, 0.29) is 11.1 Å². The Morgan fingerprint density at radius 3 is 2.42 bits per heavy atom. The number of halogens is 2. The summed E-state index contributed by atoms with van der Waals surface area (Å²) in [5, 5.41) is 2.66. The van der Waals surface area contributed by atoms with Gasteiger partial charge >= 0.3 is 0 Å². The van der Waals surface area contributed by atoms with E-state index in [9.17, 15) is 14.0 Å². The Kier molecular flexibility index (Phi) is 7.05. The highest BCUT2D eigenvalue weighted by atomic mass is 79.9. The van der Waals surface area contributed by atoms with Crippen molar-refractivity contribution in [2.75, 3.05) is 19.4 Å². The van der Waals surface area contributed by atoms with Gasteiger partial charge in [0.15, 0.2) is 6.10 Å². The van der Waals surface area contributed by atoms with Crippen molar-refractivity contribution in [3.63, 3.8) is 0 Å². The predicted molar refractivity (Wildman–Crippen MR) is 104 cm³/mol. The summed E-state index contributed by atoms with van der Waals surface area (Å²) in [6.45, 7) is 1.60. The van der Waals surface area contributed by atoms with E-state index in [4.69, 9.17) is 4.74 Å². The minimum atomic E-state index is -0.777. The van der Waals surface area contributed by atoms with Crippen LogP contribution < -0.4 is 10.1 Å².